The van der Waals surface area contributed by atoms with Crippen LogP contribution in [0.25, 0.3) is 0 Å². The highest BCUT2D eigenvalue weighted by Gasteiger charge is 2.16. The van der Waals surface area contributed by atoms with Crippen LogP contribution in [0.15, 0.2) is 6.20 Å². The number of hydrogen-bond donors (Lipinski definition) is 1. The fraction of sp³-hybridized carbons (Fsp3) is 0.769. The van der Waals surface area contributed by atoms with Gasteiger partial charge in [0, 0.05) is 17.1 Å². The van der Waals surface area contributed by atoms with Gasteiger partial charge in [-0.3, -0.25) is 0 Å². The lowest BCUT2D eigenvalue weighted by Crippen LogP contribution is -2.35. The van der Waals surface area contributed by atoms with Crippen molar-refractivity contribution in [3.8, 4) is 0 Å². The van der Waals surface area contributed by atoms with Crippen LogP contribution >= 0.6 is 11.3 Å². The normalized spacial score (nSPS) is 15.4. The number of rotatable bonds is 6. The molecule has 0 fully saturated rings. The zero-order chi connectivity index (χ0) is 12.1. The predicted octanol–water partition coefficient (Wildman–Crippen LogP) is 3.79. The van der Waals surface area contributed by atoms with Gasteiger partial charge in [-0.1, -0.05) is 27.7 Å². The van der Waals surface area contributed by atoms with Gasteiger partial charge in [0.2, 0.25) is 0 Å². The largest absolute Gasteiger partial charge is 0.305 e. The quantitative estimate of drug-likeness (QED) is 0.818. The molecule has 0 amide bonds. The summed E-state index contributed by atoms with van der Waals surface area (Å²) in [5.74, 6) is 0.679. The average Bonchev–Trinajstić information content (AvgIpc) is 2.73. The van der Waals surface area contributed by atoms with Gasteiger partial charge in [0.1, 0.15) is 5.01 Å². The zero-order valence-electron chi connectivity index (χ0n) is 11.1. The van der Waals surface area contributed by atoms with E-state index in [0.29, 0.717) is 18.0 Å². The van der Waals surface area contributed by atoms with Crippen LogP contribution in [0.1, 0.15) is 57.0 Å². The lowest BCUT2D eigenvalue weighted by molar-refractivity contribution is 0.355. The van der Waals surface area contributed by atoms with E-state index in [2.05, 4.69) is 44.9 Å². The van der Waals surface area contributed by atoms with Crippen molar-refractivity contribution in [3.05, 3.63) is 16.1 Å². The molecule has 2 atom stereocenters. The molecular weight excluding hydrogens is 216 g/mol. The van der Waals surface area contributed by atoms with Crippen LogP contribution in [-0.2, 0) is 6.42 Å². The van der Waals surface area contributed by atoms with Gasteiger partial charge in [0.15, 0.2) is 0 Å². The van der Waals surface area contributed by atoms with Crippen molar-refractivity contribution in [2.24, 2.45) is 5.92 Å². The summed E-state index contributed by atoms with van der Waals surface area (Å²) in [6, 6.07) is 0.960. The molecule has 0 radical (unpaired) electrons. The molecule has 2 nitrogen and oxygen atoms in total. The highest BCUT2D eigenvalue weighted by molar-refractivity contribution is 7.11. The molecule has 0 aliphatic carbocycles. The minimum atomic E-state index is 0.373. The van der Waals surface area contributed by atoms with E-state index in [-0.39, 0.29) is 0 Å². The fourth-order valence-corrected chi connectivity index (χ4v) is 2.73. The maximum absolute atomic E-state index is 4.49. The molecule has 1 aromatic heterocycles. The Kier molecular flexibility index (Phi) is 5.42. The fourth-order valence-electron chi connectivity index (χ4n) is 1.86. The van der Waals surface area contributed by atoms with Crippen LogP contribution in [0.3, 0.4) is 0 Å². The predicted molar refractivity (Wildman–Crippen MR) is 72.0 cm³/mol. The number of nitrogens with one attached hydrogen (secondary N) is 1. The molecule has 0 spiro atoms. The molecule has 0 aliphatic heterocycles. The van der Waals surface area contributed by atoms with E-state index >= 15 is 0 Å². The molecule has 0 saturated carbocycles. The van der Waals surface area contributed by atoms with Crippen molar-refractivity contribution in [2.45, 2.75) is 59.5 Å². The van der Waals surface area contributed by atoms with Crippen molar-refractivity contribution in [3.63, 3.8) is 0 Å². The number of nitrogens with zero attached hydrogens (tertiary/aromatic N) is 1. The summed E-state index contributed by atoms with van der Waals surface area (Å²) in [7, 11) is 0. The summed E-state index contributed by atoms with van der Waals surface area (Å²) < 4.78 is 0. The molecule has 16 heavy (non-hydrogen) atoms. The number of hydrogen-bond acceptors (Lipinski definition) is 3. The molecule has 0 saturated heterocycles. The zero-order valence-corrected chi connectivity index (χ0v) is 11.9. The van der Waals surface area contributed by atoms with Crippen LogP contribution in [-0.4, -0.2) is 11.0 Å². The molecule has 0 bridgehead atoms. The van der Waals surface area contributed by atoms with E-state index in [0.717, 1.165) is 6.42 Å². The van der Waals surface area contributed by atoms with Crippen molar-refractivity contribution in [1.82, 2.24) is 10.3 Å². The Balaban J connectivity index is 2.60. The topological polar surface area (TPSA) is 24.9 Å². The molecule has 3 heteroatoms. The van der Waals surface area contributed by atoms with E-state index in [1.807, 2.05) is 17.5 Å². The van der Waals surface area contributed by atoms with Gasteiger partial charge in [0.25, 0.3) is 0 Å². The molecular formula is C13H24N2S. The van der Waals surface area contributed by atoms with Crippen LogP contribution in [0.4, 0.5) is 0 Å². The van der Waals surface area contributed by atoms with E-state index in [1.165, 1.54) is 16.3 Å². The molecule has 1 rings (SSSR count). The lowest BCUT2D eigenvalue weighted by Gasteiger charge is -2.24. The van der Waals surface area contributed by atoms with Gasteiger partial charge in [-0.25, -0.2) is 4.98 Å². The maximum atomic E-state index is 4.49. The lowest BCUT2D eigenvalue weighted by atomic mass is 10.0. The summed E-state index contributed by atoms with van der Waals surface area (Å²) in [6.45, 7) is 11.2. The van der Waals surface area contributed by atoms with E-state index < -0.39 is 0 Å². The molecule has 2 unspecified atom stereocenters. The van der Waals surface area contributed by atoms with Crippen molar-refractivity contribution >= 4 is 11.3 Å². The Morgan fingerprint density at radius 3 is 2.44 bits per heavy atom. The first-order chi connectivity index (χ1) is 7.58. The highest BCUT2D eigenvalue weighted by atomic mass is 32.1. The minimum absolute atomic E-state index is 0.373. The third kappa shape index (κ3) is 3.56. The van der Waals surface area contributed by atoms with Gasteiger partial charge in [0.05, 0.1) is 6.04 Å². The monoisotopic (exact) mass is 240 g/mol. The first-order valence-electron chi connectivity index (χ1n) is 6.29. The van der Waals surface area contributed by atoms with Crippen LogP contribution in [0.2, 0.25) is 0 Å². The smallest absolute Gasteiger partial charge is 0.109 e. The van der Waals surface area contributed by atoms with Crippen LogP contribution < -0.4 is 5.32 Å². The summed E-state index contributed by atoms with van der Waals surface area (Å²) in [5, 5.41) is 4.89. The second-order valence-corrected chi connectivity index (χ2v) is 5.81. The highest BCUT2D eigenvalue weighted by Crippen LogP contribution is 2.22. The Morgan fingerprint density at radius 2 is 2.00 bits per heavy atom. The van der Waals surface area contributed by atoms with Crippen molar-refractivity contribution in [2.75, 3.05) is 0 Å². The van der Waals surface area contributed by atoms with Gasteiger partial charge in [-0.15, -0.1) is 11.3 Å². The number of aryl methyl sites for hydroxylation is 1. The summed E-state index contributed by atoms with van der Waals surface area (Å²) in [6.07, 6.45) is 4.27. The second-order valence-electron chi connectivity index (χ2n) is 4.67. The molecule has 1 aromatic rings. The Bertz CT molecular complexity index is 307. The molecule has 0 aliphatic rings. The standard InChI is InChI=1S/C13H24N2S/c1-6-11-8-14-13(16-11)10(5)15-12(7-2)9(3)4/h8-10,12,15H,6-7H2,1-5H3. The first kappa shape index (κ1) is 13.7. The maximum Gasteiger partial charge on any atom is 0.109 e. The summed E-state index contributed by atoms with van der Waals surface area (Å²) in [5.41, 5.74) is 0. The molecule has 1 N–H and O–H groups in total. The third-order valence-electron chi connectivity index (χ3n) is 3.00. The van der Waals surface area contributed by atoms with Crippen LogP contribution in [0.5, 0.6) is 0 Å². The summed E-state index contributed by atoms with van der Waals surface area (Å²) >= 11 is 1.83. The van der Waals surface area contributed by atoms with E-state index in [9.17, 15) is 0 Å². The summed E-state index contributed by atoms with van der Waals surface area (Å²) in [4.78, 5) is 5.87. The first-order valence-corrected chi connectivity index (χ1v) is 7.10. The van der Waals surface area contributed by atoms with Gasteiger partial charge in [-0.05, 0) is 25.7 Å². The third-order valence-corrected chi connectivity index (χ3v) is 4.32. The Morgan fingerprint density at radius 1 is 1.31 bits per heavy atom. The van der Waals surface area contributed by atoms with Gasteiger partial charge in [-0.2, -0.15) is 0 Å². The van der Waals surface area contributed by atoms with E-state index in [4.69, 9.17) is 0 Å². The average molecular weight is 240 g/mol. The van der Waals surface area contributed by atoms with Gasteiger partial charge < -0.3 is 5.32 Å². The Hall–Kier alpha value is -0.410. The van der Waals surface area contributed by atoms with Crippen LogP contribution in [0, 0.1) is 5.92 Å². The number of aromatic nitrogens is 1. The minimum Gasteiger partial charge on any atom is -0.305 e. The van der Waals surface area contributed by atoms with Crippen molar-refractivity contribution < 1.29 is 0 Å². The van der Waals surface area contributed by atoms with Crippen molar-refractivity contribution in [1.29, 1.82) is 0 Å². The van der Waals surface area contributed by atoms with E-state index in [1.54, 1.807) is 0 Å². The van der Waals surface area contributed by atoms with Gasteiger partial charge >= 0.3 is 0 Å². The molecule has 92 valence electrons. The molecule has 1 heterocycles. The molecule has 0 aromatic carbocycles. The Labute approximate surface area is 103 Å². The number of thiazole rings is 1. The SMILES string of the molecule is CCc1cnc(C(C)NC(CC)C(C)C)s1. The second kappa shape index (κ2) is 6.36.